The van der Waals surface area contributed by atoms with Gasteiger partial charge < -0.3 is 0 Å². The molecule has 0 saturated carbocycles. The Kier molecular flexibility index (Phi) is 5.39. The van der Waals surface area contributed by atoms with Gasteiger partial charge in [-0.25, -0.2) is 0 Å². The van der Waals surface area contributed by atoms with Crippen molar-refractivity contribution in [3.8, 4) is 0 Å². The van der Waals surface area contributed by atoms with Crippen LogP contribution in [0, 0.1) is 6.92 Å². The number of fused-ring (bicyclic) bond motifs is 1. The summed E-state index contributed by atoms with van der Waals surface area (Å²) in [5, 5.41) is 0.825. The first kappa shape index (κ1) is 18.3. The summed E-state index contributed by atoms with van der Waals surface area (Å²) in [6.45, 7) is 11.1. The number of hydrogen-bond acceptors (Lipinski definition) is 0. The van der Waals surface area contributed by atoms with Gasteiger partial charge in [-0.15, -0.1) is 0 Å². The van der Waals surface area contributed by atoms with Crippen LogP contribution in [-0.2, 0) is 24.7 Å². The highest BCUT2D eigenvalue weighted by molar-refractivity contribution is 6.30. The van der Waals surface area contributed by atoms with E-state index in [0.717, 1.165) is 30.7 Å². The van der Waals surface area contributed by atoms with E-state index in [1.54, 1.807) is 5.56 Å². The topological polar surface area (TPSA) is 0 Å². The molecule has 0 spiro atoms. The molecule has 1 heteroatoms. The molecule has 1 unspecified atom stereocenters. The smallest absolute Gasteiger partial charge is 0.0408 e. The summed E-state index contributed by atoms with van der Waals surface area (Å²) < 4.78 is 0. The number of benzene rings is 2. The highest BCUT2D eigenvalue weighted by Crippen LogP contribution is 2.47. The van der Waals surface area contributed by atoms with Gasteiger partial charge in [0.05, 0.1) is 0 Å². The van der Waals surface area contributed by atoms with Gasteiger partial charge in [0.15, 0.2) is 0 Å². The third-order valence-corrected chi connectivity index (χ3v) is 6.44. The molecule has 0 bridgehead atoms. The van der Waals surface area contributed by atoms with Crippen LogP contribution in [0.25, 0.3) is 0 Å². The first-order chi connectivity index (χ1) is 12.0. The molecule has 3 rings (SSSR count). The molecule has 0 saturated heterocycles. The van der Waals surface area contributed by atoms with Gasteiger partial charge in [-0.3, -0.25) is 0 Å². The lowest BCUT2D eigenvalue weighted by molar-refractivity contribution is 0.471. The molecule has 0 amide bonds. The van der Waals surface area contributed by atoms with Gasteiger partial charge in [0.1, 0.15) is 0 Å². The van der Waals surface area contributed by atoms with Gasteiger partial charge in [-0.2, -0.15) is 0 Å². The summed E-state index contributed by atoms with van der Waals surface area (Å²) in [6.07, 6.45) is 6.81. The van der Waals surface area contributed by atoms with Crippen molar-refractivity contribution in [2.24, 2.45) is 0 Å². The number of halogens is 1. The highest BCUT2D eigenvalue weighted by atomic mass is 35.5. The van der Waals surface area contributed by atoms with E-state index in [1.165, 1.54) is 40.7 Å². The number of hydrogen-bond donors (Lipinski definition) is 0. The van der Waals surface area contributed by atoms with Crippen LogP contribution in [0.15, 0.2) is 48.6 Å². The minimum atomic E-state index is 0.218. The lowest BCUT2D eigenvalue weighted by Gasteiger charge is -2.31. The SMILES string of the molecule is C=C(CC)C1(CC)CCc2cc(CCc3ccc(Cl)cc3C)ccc21. The molecular weight excluding hydrogens is 324 g/mol. The van der Waals surface area contributed by atoms with Crippen molar-refractivity contribution in [3.63, 3.8) is 0 Å². The molecule has 1 aliphatic rings. The largest absolute Gasteiger partial charge is 0.0990 e. The standard InChI is InChI=1S/C24H29Cl/c1-5-18(4)24(6-2)14-13-21-16-19(8-12-23(21)24)7-9-20-10-11-22(25)15-17(20)3/h8,10-12,15-16H,4-7,9,13-14H2,1-3H3. The fraction of sp³-hybridized carbons (Fsp3) is 0.417. The second kappa shape index (κ2) is 7.38. The van der Waals surface area contributed by atoms with E-state index in [4.69, 9.17) is 11.6 Å². The fourth-order valence-corrected chi connectivity index (χ4v) is 4.73. The zero-order chi connectivity index (χ0) is 18.0. The molecule has 0 nitrogen and oxygen atoms in total. The third kappa shape index (κ3) is 3.42. The maximum atomic E-state index is 6.07. The lowest BCUT2D eigenvalue weighted by atomic mass is 9.72. The quantitative estimate of drug-likeness (QED) is 0.491. The number of rotatable bonds is 6. The van der Waals surface area contributed by atoms with Crippen molar-refractivity contribution < 1.29 is 0 Å². The van der Waals surface area contributed by atoms with Gasteiger partial charge in [-0.1, -0.05) is 61.9 Å². The molecule has 132 valence electrons. The molecule has 0 aromatic heterocycles. The van der Waals surface area contributed by atoms with Crippen LogP contribution in [-0.4, -0.2) is 0 Å². The van der Waals surface area contributed by atoms with Gasteiger partial charge in [-0.05, 0) is 85.4 Å². The molecule has 0 aliphatic heterocycles. The maximum Gasteiger partial charge on any atom is 0.0408 e. The van der Waals surface area contributed by atoms with Gasteiger partial charge >= 0.3 is 0 Å². The maximum absolute atomic E-state index is 6.07. The Morgan fingerprint density at radius 3 is 2.60 bits per heavy atom. The molecule has 0 radical (unpaired) electrons. The summed E-state index contributed by atoms with van der Waals surface area (Å²) in [5.41, 5.74) is 8.83. The van der Waals surface area contributed by atoms with Crippen LogP contribution in [0.3, 0.4) is 0 Å². The predicted octanol–water partition coefficient (Wildman–Crippen LogP) is 6.99. The minimum absolute atomic E-state index is 0.218. The van der Waals surface area contributed by atoms with E-state index in [0.29, 0.717) is 0 Å². The molecule has 1 atom stereocenters. The normalized spacial score (nSPS) is 19.0. The monoisotopic (exact) mass is 352 g/mol. The average Bonchev–Trinajstić information content (AvgIpc) is 2.99. The average molecular weight is 353 g/mol. The molecule has 1 aliphatic carbocycles. The second-order valence-corrected chi connectivity index (χ2v) is 7.89. The Morgan fingerprint density at radius 2 is 1.92 bits per heavy atom. The van der Waals surface area contributed by atoms with Crippen molar-refractivity contribution in [2.75, 3.05) is 0 Å². The zero-order valence-corrected chi connectivity index (χ0v) is 16.5. The van der Waals surface area contributed by atoms with E-state index in [9.17, 15) is 0 Å². The van der Waals surface area contributed by atoms with Crippen LogP contribution in [0.1, 0.15) is 60.9 Å². The van der Waals surface area contributed by atoms with Crippen molar-refractivity contribution >= 4 is 11.6 Å². The Labute approximate surface area is 157 Å². The van der Waals surface area contributed by atoms with Gasteiger partial charge in [0.25, 0.3) is 0 Å². The molecule has 2 aromatic carbocycles. The number of allylic oxidation sites excluding steroid dienone is 1. The molecule has 0 N–H and O–H groups in total. The summed E-state index contributed by atoms with van der Waals surface area (Å²) >= 11 is 6.07. The minimum Gasteiger partial charge on any atom is -0.0990 e. The van der Waals surface area contributed by atoms with E-state index >= 15 is 0 Å². The lowest BCUT2D eigenvalue weighted by Crippen LogP contribution is -2.24. The molecule has 0 heterocycles. The van der Waals surface area contributed by atoms with E-state index in [-0.39, 0.29) is 5.41 Å². The third-order valence-electron chi connectivity index (χ3n) is 6.20. The Balaban J connectivity index is 1.79. The summed E-state index contributed by atoms with van der Waals surface area (Å²) in [4.78, 5) is 0. The second-order valence-electron chi connectivity index (χ2n) is 7.46. The first-order valence-corrected chi connectivity index (χ1v) is 9.93. The van der Waals surface area contributed by atoms with Crippen molar-refractivity contribution in [1.29, 1.82) is 0 Å². The summed E-state index contributed by atoms with van der Waals surface area (Å²) in [5.74, 6) is 0. The van der Waals surface area contributed by atoms with Crippen molar-refractivity contribution in [2.45, 2.75) is 64.7 Å². The Hall–Kier alpha value is -1.53. The first-order valence-electron chi connectivity index (χ1n) is 9.55. The van der Waals surface area contributed by atoms with Crippen LogP contribution in [0.4, 0.5) is 0 Å². The van der Waals surface area contributed by atoms with Gasteiger partial charge in [0.2, 0.25) is 0 Å². The zero-order valence-electron chi connectivity index (χ0n) is 15.8. The van der Waals surface area contributed by atoms with E-state index in [2.05, 4.69) is 57.7 Å². The molecule has 2 aromatic rings. The van der Waals surface area contributed by atoms with Crippen LogP contribution >= 0.6 is 11.6 Å². The van der Waals surface area contributed by atoms with Crippen molar-refractivity contribution in [1.82, 2.24) is 0 Å². The summed E-state index contributed by atoms with van der Waals surface area (Å²) in [6, 6.07) is 13.4. The Bertz CT molecular complexity index is 787. The molecular formula is C24H29Cl. The van der Waals surface area contributed by atoms with Gasteiger partial charge in [0, 0.05) is 10.4 Å². The molecule has 25 heavy (non-hydrogen) atoms. The summed E-state index contributed by atoms with van der Waals surface area (Å²) in [7, 11) is 0. The molecule has 0 fully saturated rings. The predicted molar refractivity (Wildman–Crippen MR) is 110 cm³/mol. The van der Waals surface area contributed by atoms with Crippen LogP contribution < -0.4 is 0 Å². The fourth-order valence-electron chi connectivity index (χ4n) is 4.50. The van der Waals surface area contributed by atoms with Crippen molar-refractivity contribution in [3.05, 3.63) is 81.4 Å². The number of aryl methyl sites for hydroxylation is 4. The van der Waals surface area contributed by atoms with Crippen LogP contribution in [0.2, 0.25) is 5.02 Å². The van der Waals surface area contributed by atoms with Crippen LogP contribution in [0.5, 0.6) is 0 Å². The van der Waals surface area contributed by atoms with E-state index in [1.807, 2.05) is 6.07 Å². The highest BCUT2D eigenvalue weighted by Gasteiger charge is 2.38. The Morgan fingerprint density at radius 1 is 1.12 bits per heavy atom. The van der Waals surface area contributed by atoms with E-state index < -0.39 is 0 Å².